The summed E-state index contributed by atoms with van der Waals surface area (Å²) >= 11 is 11.9. The lowest BCUT2D eigenvalue weighted by atomic mass is 10.2. The molecule has 8 heteroatoms. The van der Waals surface area contributed by atoms with E-state index in [0.717, 1.165) is 0 Å². The van der Waals surface area contributed by atoms with Crippen molar-refractivity contribution in [2.75, 3.05) is 10.6 Å². The van der Waals surface area contributed by atoms with Crippen LogP contribution in [-0.4, -0.2) is 15.9 Å². The Labute approximate surface area is 159 Å². The summed E-state index contributed by atoms with van der Waals surface area (Å²) in [4.78, 5) is 20.5. The van der Waals surface area contributed by atoms with E-state index in [2.05, 4.69) is 26.7 Å². The molecule has 1 amide bonds. The summed E-state index contributed by atoms with van der Waals surface area (Å²) in [6.07, 6.45) is 2.77. The van der Waals surface area contributed by atoms with Crippen molar-refractivity contribution in [3.05, 3.63) is 76.2 Å². The first kappa shape index (κ1) is 17.7. The van der Waals surface area contributed by atoms with Crippen LogP contribution in [-0.2, 0) is 0 Å². The molecule has 0 aliphatic carbocycles. The number of hydrogen-bond donors (Lipinski definition) is 2. The Morgan fingerprint density at radius 1 is 1.08 bits per heavy atom. The first-order chi connectivity index (χ1) is 12.5. The van der Waals surface area contributed by atoms with Crippen LogP contribution in [0, 0.1) is 11.3 Å². The molecule has 0 aliphatic rings. The van der Waals surface area contributed by atoms with Crippen LogP contribution < -0.4 is 10.6 Å². The smallest absolute Gasteiger partial charge is 0.275 e. The number of aromatic nitrogens is 2. The van der Waals surface area contributed by atoms with Crippen LogP contribution in [0.5, 0.6) is 0 Å². The van der Waals surface area contributed by atoms with E-state index in [1.165, 1.54) is 18.5 Å². The summed E-state index contributed by atoms with van der Waals surface area (Å²) in [5.41, 5.74) is 1.79. The fourth-order valence-electron chi connectivity index (χ4n) is 2.10. The molecule has 0 unspecified atom stereocenters. The highest BCUT2D eigenvalue weighted by Gasteiger charge is 2.11. The first-order valence-electron chi connectivity index (χ1n) is 7.41. The summed E-state index contributed by atoms with van der Waals surface area (Å²) < 4.78 is 0. The van der Waals surface area contributed by atoms with Gasteiger partial charge in [0.05, 0.1) is 34.7 Å². The van der Waals surface area contributed by atoms with Gasteiger partial charge in [-0.25, -0.2) is 9.97 Å². The number of nitriles is 1. The molecule has 0 aliphatic heterocycles. The van der Waals surface area contributed by atoms with E-state index in [1.54, 1.807) is 36.4 Å². The van der Waals surface area contributed by atoms with Gasteiger partial charge < -0.3 is 10.6 Å². The van der Waals surface area contributed by atoms with E-state index in [1.807, 2.05) is 0 Å². The maximum absolute atomic E-state index is 12.2. The summed E-state index contributed by atoms with van der Waals surface area (Å²) in [6.45, 7) is 0. The Balaban J connectivity index is 1.70. The normalized spacial score (nSPS) is 10.0. The van der Waals surface area contributed by atoms with Crippen LogP contribution in [0.1, 0.15) is 16.1 Å². The molecule has 2 N–H and O–H groups in total. The molecule has 26 heavy (non-hydrogen) atoms. The second kappa shape index (κ2) is 7.83. The predicted octanol–water partition coefficient (Wildman–Crippen LogP) is 4.65. The number of halogens is 2. The van der Waals surface area contributed by atoms with Gasteiger partial charge in [0, 0.05) is 10.7 Å². The van der Waals surface area contributed by atoms with Crippen LogP contribution >= 0.6 is 23.2 Å². The van der Waals surface area contributed by atoms with Crippen molar-refractivity contribution in [2.45, 2.75) is 0 Å². The zero-order valence-corrected chi connectivity index (χ0v) is 14.7. The molecule has 1 aromatic heterocycles. The van der Waals surface area contributed by atoms with Crippen molar-refractivity contribution in [3.8, 4) is 6.07 Å². The van der Waals surface area contributed by atoms with Gasteiger partial charge in [0.25, 0.3) is 5.91 Å². The van der Waals surface area contributed by atoms with Crippen LogP contribution in [0.2, 0.25) is 10.0 Å². The Morgan fingerprint density at radius 3 is 2.62 bits per heavy atom. The van der Waals surface area contributed by atoms with Gasteiger partial charge in [0.2, 0.25) is 0 Å². The van der Waals surface area contributed by atoms with E-state index in [-0.39, 0.29) is 5.69 Å². The Hall–Kier alpha value is -3.14. The fourth-order valence-corrected chi connectivity index (χ4v) is 2.56. The lowest BCUT2D eigenvalue weighted by Gasteiger charge is -2.08. The molecule has 0 atom stereocenters. The van der Waals surface area contributed by atoms with Crippen molar-refractivity contribution in [3.63, 3.8) is 0 Å². The van der Waals surface area contributed by atoms with Crippen LogP contribution in [0.4, 0.5) is 17.2 Å². The second-order valence-electron chi connectivity index (χ2n) is 5.18. The molecule has 0 saturated heterocycles. The summed E-state index contributed by atoms with van der Waals surface area (Å²) in [6, 6.07) is 13.8. The van der Waals surface area contributed by atoms with Crippen molar-refractivity contribution < 1.29 is 4.79 Å². The Morgan fingerprint density at radius 2 is 1.92 bits per heavy atom. The molecule has 0 saturated carbocycles. The van der Waals surface area contributed by atoms with E-state index in [0.29, 0.717) is 32.8 Å². The highest BCUT2D eigenvalue weighted by Crippen LogP contribution is 2.25. The number of anilines is 3. The SMILES string of the molecule is N#Cc1cccc(Nc2cnc(C(=O)Nc3ccc(Cl)cc3Cl)cn2)c1. The fraction of sp³-hybridized carbons (Fsp3) is 0. The molecule has 0 radical (unpaired) electrons. The topological polar surface area (TPSA) is 90.7 Å². The number of carbonyl (C=O) groups excluding carboxylic acids is 1. The first-order valence-corrected chi connectivity index (χ1v) is 8.16. The molecular formula is C18H11Cl2N5O. The third kappa shape index (κ3) is 4.28. The number of benzene rings is 2. The lowest BCUT2D eigenvalue weighted by Crippen LogP contribution is -2.14. The van der Waals surface area contributed by atoms with Crippen molar-refractivity contribution in [1.82, 2.24) is 9.97 Å². The zero-order valence-electron chi connectivity index (χ0n) is 13.2. The maximum atomic E-state index is 12.2. The van der Waals surface area contributed by atoms with Gasteiger partial charge in [-0.15, -0.1) is 0 Å². The summed E-state index contributed by atoms with van der Waals surface area (Å²) in [7, 11) is 0. The molecule has 6 nitrogen and oxygen atoms in total. The highest BCUT2D eigenvalue weighted by molar-refractivity contribution is 6.36. The van der Waals surface area contributed by atoms with Gasteiger partial charge in [-0.05, 0) is 36.4 Å². The van der Waals surface area contributed by atoms with Crippen LogP contribution in [0.15, 0.2) is 54.9 Å². The minimum absolute atomic E-state index is 0.132. The maximum Gasteiger partial charge on any atom is 0.275 e. The molecule has 3 aromatic rings. The van der Waals surface area contributed by atoms with Gasteiger partial charge in [-0.1, -0.05) is 29.3 Å². The third-order valence-electron chi connectivity index (χ3n) is 3.33. The zero-order chi connectivity index (χ0) is 18.5. The third-order valence-corrected chi connectivity index (χ3v) is 3.88. The van der Waals surface area contributed by atoms with E-state index in [9.17, 15) is 4.79 Å². The summed E-state index contributed by atoms with van der Waals surface area (Å²) in [5.74, 6) is 0.000848. The summed E-state index contributed by atoms with van der Waals surface area (Å²) in [5, 5.41) is 15.4. The molecule has 2 aromatic carbocycles. The molecule has 128 valence electrons. The Kier molecular flexibility index (Phi) is 5.32. The second-order valence-corrected chi connectivity index (χ2v) is 6.03. The van der Waals surface area contributed by atoms with Crippen molar-refractivity contribution in [1.29, 1.82) is 5.26 Å². The average Bonchev–Trinajstić information content (AvgIpc) is 2.64. The number of nitrogens with zero attached hydrogens (tertiary/aromatic N) is 3. The quantitative estimate of drug-likeness (QED) is 0.683. The van der Waals surface area contributed by atoms with E-state index < -0.39 is 5.91 Å². The number of nitrogens with one attached hydrogen (secondary N) is 2. The van der Waals surface area contributed by atoms with E-state index in [4.69, 9.17) is 28.5 Å². The molecule has 0 bridgehead atoms. The molecule has 0 spiro atoms. The molecular weight excluding hydrogens is 373 g/mol. The standard InChI is InChI=1S/C18H11Cl2N5O/c19-12-4-5-15(14(20)7-12)25-18(26)16-9-23-17(10-22-16)24-13-3-1-2-11(6-13)8-21/h1-7,9-10H,(H,23,24)(H,25,26). The minimum atomic E-state index is -0.445. The molecule has 3 rings (SSSR count). The van der Waals surface area contributed by atoms with Crippen LogP contribution in [0.3, 0.4) is 0 Å². The number of hydrogen-bond acceptors (Lipinski definition) is 5. The molecule has 0 fully saturated rings. The number of rotatable bonds is 4. The van der Waals surface area contributed by atoms with Gasteiger partial charge in [-0.3, -0.25) is 4.79 Å². The molecule has 1 heterocycles. The number of amides is 1. The monoisotopic (exact) mass is 383 g/mol. The Bertz CT molecular complexity index is 999. The lowest BCUT2D eigenvalue weighted by molar-refractivity contribution is 0.102. The van der Waals surface area contributed by atoms with Crippen molar-refractivity contribution in [2.24, 2.45) is 0 Å². The van der Waals surface area contributed by atoms with E-state index >= 15 is 0 Å². The highest BCUT2D eigenvalue weighted by atomic mass is 35.5. The van der Waals surface area contributed by atoms with Gasteiger partial charge in [-0.2, -0.15) is 5.26 Å². The van der Waals surface area contributed by atoms with Gasteiger partial charge >= 0.3 is 0 Å². The predicted molar refractivity (Wildman–Crippen MR) is 101 cm³/mol. The average molecular weight is 384 g/mol. The largest absolute Gasteiger partial charge is 0.339 e. The van der Waals surface area contributed by atoms with Crippen molar-refractivity contribution >= 4 is 46.3 Å². The minimum Gasteiger partial charge on any atom is -0.339 e. The number of carbonyl (C=O) groups is 1. The van der Waals surface area contributed by atoms with Crippen LogP contribution in [0.25, 0.3) is 0 Å². The van der Waals surface area contributed by atoms with Gasteiger partial charge in [0.1, 0.15) is 11.5 Å². The van der Waals surface area contributed by atoms with Gasteiger partial charge in [0.15, 0.2) is 0 Å².